The number of nitrogens with one attached hydrogen (secondary N) is 1. The second kappa shape index (κ2) is 7.90. The van der Waals surface area contributed by atoms with Crippen molar-refractivity contribution >= 4 is 28.4 Å². The van der Waals surface area contributed by atoms with E-state index in [1.807, 2.05) is 25.1 Å². The van der Waals surface area contributed by atoms with E-state index in [9.17, 15) is 13.6 Å². The molecule has 0 spiro atoms. The van der Waals surface area contributed by atoms with Gasteiger partial charge in [0, 0.05) is 5.39 Å². The van der Waals surface area contributed by atoms with Crippen LogP contribution in [0.25, 0.3) is 27.9 Å². The number of ether oxygens (including phenoxy) is 1. The molecule has 1 atom stereocenters. The lowest BCUT2D eigenvalue weighted by Gasteiger charge is -2.15. The number of carbonyl (C=O) groups excluding carboxylic acids is 1. The Morgan fingerprint density at radius 3 is 2.63 bits per heavy atom. The fraction of sp³-hybridized carbons (Fsp3) is 0.200. The lowest BCUT2D eigenvalue weighted by molar-refractivity contribution is -0.118. The van der Waals surface area contributed by atoms with E-state index < -0.39 is 18.6 Å². The minimum atomic E-state index is -2.98. The maximum atomic E-state index is 12.8. The zero-order valence-electron chi connectivity index (χ0n) is 15.9. The average Bonchev–Trinajstić information content (AvgIpc) is 3.17. The zero-order valence-corrected chi connectivity index (χ0v) is 15.9. The van der Waals surface area contributed by atoms with Crippen LogP contribution < -0.4 is 15.8 Å². The average molecular weight is 412 g/mol. The van der Waals surface area contributed by atoms with Crippen molar-refractivity contribution in [1.29, 1.82) is 0 Å². The van der Waals surface area contributed by atoms with Gasteiger partial charge in [-0.2, -0.15) is 13.3 Å². The van der Waals surface area contributed by atoms with Gasteiger partial charge in [-0.3, -0.25) is 4.79 Å². The fourth-order valence-corrected chi connectivity index (χ4v) is 3.14. The number of primary amides is 1. The molecule has 4 rings (SSSR count). The summed E-state index contributed by atoms with van der Waals surface area (Å²) in [6.45, 7) is -1.17. The monoisotopic (exact) mass is 412 g/mol. The van der Waals surface area contributed by atoms with Gasteiger partial charge in [-0.25, -0.2) is 9.97 Å². The van der Waals surface area contributed by atoms with Crippen LogP contribution >= 0.6 is 0 Å². The molecular weight excluding hydrogens is 394 g/mol. The van der Waals surface area contributed by atoms with Gasteiger partial charge in [-0.15, -0.1) is 5.10 Å². The lowest BCUT2D eigenvalue weighted by atomic mass is 10.2. The number of para-hydroxylation sites is 2. The van der Waals surface area contributed by atoms with E-state index in [0.29, 0.717) is 28.5 Å². The molecule has 0 aliphatic rings. The maximum absolute atomic E-state index is 12.8. The highest BCUT2D eigenvalue weighted by atomic mass is 19.3. The van der Waals surface area contributed by atoms with Crippen LogP contribution in [-0.4, -0.2) is 38.1 Å². The van der Waals surface area contributed by atoms with Crippen molar-refractivity contribution in [1.82, 2.24) is 19.6 Å². The number of rotatable bonds is 7. The van der Waals surface area contributed by atoms with E-state index in [4.69, 9.17) is 5.73 Å². The second-order valence-electron chi connectivity index (χ2n) is 6.51. The van der Waals surface area contributed by atoms with E-state index in [2.05, 4.69) is 25.1 Å². The van der Waals surface area contributed by atoms with Crippen LogP contribution in [0.3, 0.4) is 0 Å². The summed E-state index contributed by atoms with van der Waals surface area (Å²) in [6, 6.07) is 12.9. The topological polar surface area (TPSA) is 107 Å². The molecule has 0 aliphatic heterocycles. The molecule has 0 fully saturated rings. The summed E-state index contributed by atoms with van der Waals surface area (Å²) in [5.41, 5.74) is 6.83. The van der Waals surface area contributed by atoms with Crippen LogP contribution in [0, 0.1) is 0 Å². The second-order valence-corrected chi connectivity index (χ2v) is 6.51. The van der Waals surface area contributed by atoms with E-state index in [0.717, 1.165) is 0 Å². The molecule has 4 aromatic rings. The number of amides is 1. The van der Waals surface area contributed by atoms with Gasteiger partial charge in [0.25, 0.3) is 0 Å². The summed E-state index contributed by atoms with van der Waals surface area (Å²) in [5.74, 6) is -0.129. The number of nitrogens with two attached hydrogens (primary N) is 1. The van der Waals surface area contributed by atoms with Crippen molar-refractivity contribution < 1.29 is 18.3 Å². The molecule has 2 aromatic carbocycles. The number of halogens is 2. The molecule has 154 valence electrons. The molecule has 0 bridgehead atoms. The summed E-state index contributed by atoms with van der Waals surface area (Å²) in [5, 5.41) is 8.16. The third-order valence-electron chi connectivity index (χ3n) is 4.58. The molecule has 0 unspecified atom stereocenters. The Kier molecular flexibility index (Phi) is 5.13. The number of hydrogen-bond acceptors (Lipinski definition) is 6. The molecule has 0 radical (unpaired) electrons. The Labute approximate surface area is 169 Å². The SMILES string of the molecule is CC[C@@H](Nc1nc2ccccc2c2nc(-c3ccccc3OC(F)F)nn12)C(N)=O. The van der Waals surface area contributed by atoms with Crippen molar-refractivity contribution in [2.75, 3.05) is 5.32 Å². The minimum Gasteiger partial charge on any atom is -0.434 e. The molecule has 2 heterocycles. The first kappa shape index (κ1) is 19.5. The first-order chi connectivity index (χ1) is 14.5. The van der Waals surface area contributed by atoms with Crippen LogP contribution in [0.4, 0.5) is 14.7 Å². The molecule has 30 heavy (non-hydrogen) atoms. The van der Waals surface area contributed by atoms with Gasteiger partial charge < -0.3 is 15.8 Å². The number of nitrogens with zero attached hydrogens (tertiary/aromatic N) is 4. The van der Waals surface area contributed by atoms with Crippen molar-refractivity contribution in [3.05, 3.63) is 48.5 Å². The number of benzene rings is 2. The van der Waals surface area contributed by atoms with Gasteiger partial charge in [0.1, 0.15) is 11.8 Å². The number of alkyl halides is 2. The number of carbonyl (C=O) groups is 1. The Morgan fingerprint density at radius 1 is 1.17 bits per heavy atom. The van der Waals surface area contributed by atoms with Crippen LogP contribution in [0.15, 0.2) is 48.5 Å². The predicted molar refractivity (Wildman–Crippen MR) is 107 cm³/mol. The van der Waals surface area contributed by atoms with Crippen molar-refractivity contribution in [2.45, 2.75) is 26.0 Å². The van der Waals surface area contributed by atoms with Gasteiger partial charge >= 0.3 is 6.61 Å². The number of hydrogen-bond donors (Lipinski definition) is 2. The standard InChI is InChI=1S/C20H18F2N6O2/c1-2-13(16(23)29)24-20-25-14-9-5-3-7-11(14)18-26-17(27-28(18)20)12-8-4-6-10-15(12)30-19(21)22/h3-10,13,19H,2H2,1H3,(H2,23,29)(H,24,25)/t13-/m1/s1. The van der Waals surface area contributed by atoms with E-state index in [1.54, 1.807) is 24.3 Å². The van der Waals surface area contributed by atoms with Gasteiger partial charge in [0.05, 0.1) is 11.1 Å². The molecular formula is C20H18F2N6O2. The number of aromatic nitrogens is 4. The van der Waals surface area contributed by atoms with Gasteiger partial charge in [-0.1, -0.05) is 31.2 Å². The summed E-state index contributed by atoms with van der Waals surface area (Å²) >= 11 is 0. The number of fused-ring (bicyclic) bond motifs is 3. The van der Waals surface area contributed by atoms with Crippen LogP contribution in [0.2, 0.25) is 0 Å². The summed E-state index contributed by atoms with van der Waals surface area (Å²) < 4.78 is 31.7. The summed E-state index contributed by atoms with van der Waals surface area (Å²) in [4.78, 5) is 20.8. The quantitative estimate of drug-likeness (QED) is 0.483. The Bertz CT molecular complexity index is 1230. The first-order valence-electron chi connectivity index (χ1n) is 9.23. The molecule has 0 saturated carbocycles. The van der Waals surface area contributed by atoms with Crippen molar-refractivity contribution in [3.8, 4) is 17.1 Å². The third-order valence-corrected chi connectivity index (χ3v) is 4.58. The summed E-state index contributed by atoms with van der Waals surface area (Å²) in [7, 11) is 0. The van der Waals surface area contributed by atoms with Gasteiger partial charge in [0.15, 0.2) is 11.5 Å². The third kappa shape index (κ3) is 3.59. The lowest BCUT2D eigenvalue weighted by Crippen LogP contribution is -2.35. The first-order valence-corrected chi connectivity index (χ1v) is 9.23. The molecule has 10 heteroatoms. The maximum Gasteiger partial charge on any atom is 0.387 e. The van der Waals surface area contributed by atoms with Crippen molar-refractivity contribution in [2.24, 2.45) is 5.73 Å². The molecule has 1 amide bonds. The Hall–Kier alpha value is -3.82. The number of anilines is 1. The highest BCUT2D eigenvalue weighted by molar-refractivity contribution is 5.93. The highest BCUT2D eigenvalue weighted by Gasteiger charge is 2.20. The molecule has 8 nitrogen and oxygen atoms in total. The van der Waals surface area contributed by atoms with Gasteiger partial charge in [0.2, 0.25) is 11.9 Å². The van der Waals surface area contributed by atoms with Crippen LogP contribution in [0.5, 0.6) is 5.75 Å². The van der Waals surface area contributed by atoms with Gasteiger partial charge in [-0.05, 0) is 30.7 Å². The molecule has 0 saturated heterocycles. The largest absolute Gasteiger partial charge is 0.434 e. The Balaban J connectivity index is 1.92. The van der Waals surface area contributed by atoms with E-state index in [-0.39, 0.29) is 17.5 Å². The molecule has 2 aromatic heterocycles. The molecule has 0 aliphatic carbocycles. The van der Waals surface area contributed by atoms with Crippen LogP contribution in [0.1, 0.15) is 13.3 Å². The fourth-order valence-electron chi connectivity index (χ4n) is 3.14. The normalized spacial score (nSPS) is 12.4. The molecule has 3 N–H and O–H groups in total. The Morgan fingerprint density at radius 2 is 1.90 bits per heavy atom. The van der Waals surface area contributed by atoms with E-state index >= 15 is 0 Å². The summed E-state index contributed by atoms with van der Waals surface area (Å²) in [6.07, 6.45) is 0.442. The minimum absolute atomic E-state index is 0.0428. The van der Waals surface area contributed by atoms with Crippen LogP contribution in [-0.2, 0) is 4.79 Å². The highest BCUT2D eigenvalue weighted by Crippen LogP contribution is 2.31. The predicted octanol–water partition coefficient (Wildman–Crippen LogP) is 3.22. The van der Waals surface area contributed by atoms with E-state index in [1.165, 1.54) is 10.6 Å². The smallest absolute Gasteiger partial charge is 0.387 e. The zero-order chi connectivity index (χ0) is 21.3. The van der Waals surface area contributed by atoms with Crippen molar-refractivity contribution in [3.63, 3.8) is 0 Å².